The number of fused-ring (bicyclic) bond motifs is 1. The topological polar surface area (TPSA) is 62.2 Å². The zero-order chi connectivity index (χ0) is 28.6. The van der Waals surface area contributed by atoms with Gasteiger partial charge in [0.25, 0.3) is 0 Å². The van der Waals surface area contributed by atoms with E-state index < -0.39 is 5.60 Å². The maximum atomic E-state index is 13.8. The van der Waals surface area contributed by atoms with Crippen LogP contribution in [-0.2, 0) is 16.8 Å². The minimum atomic E-state index is -0.957. The van der Waals surface area contributed by atoms with Crippen molar-refractivity contribution in [2.45, 2.75) is 57.8 Å². The van der Waals surface area contributed by atoms with Crippen LogP contribution >= 0.6 is 11.6 Å². The van der Waals surface area contributed by atoms with Crippen LogP contribution in [0.2, 0.25) is 5.02 Å². The third kappa shape index (κ3) is 5.58. The normalized spacial score (nSPS) is 21.2. The molecule has 0 radical (unpaired) electrons. The lowest BCUT2D eigenvalue weighted by atomic mass is 9.78. The Hall–Kier alpha value is -3.06. The van der Waals surface area contributed by atoms with Crippen LogP contribution in [0.1, 0.15) is 61.9 Å². The van der Waals surface area contributed by atoms with Gasteiger partial charge in [-0.3, -0.25) is 4.79 Å². The van der Waals surface area contributed by atoms with E-state index in [1.165, 1.54) is 0 Å². The molecule has 1 unspecified atom stereocenters. The number of anilines is 1. The Labute approximate surface area is 242 Å². The van der Waals surface area contributed by atoms with Gasteiger partial charge in [0.15, 0.2) is 11.5 Å². The number of halogens is 1. The van der Waals surface area contributed by atoms with E-state index in [0.717, 1.165) is 53.9 Å². The van der Waals surface area contributed by atoms with Gasteiger partial charge >= 0.3 is 0 Å². The van der Waals surface area contributed by atoms with Crippen molar-refractivity contribution in [2.75, 3.05) is 32.1 Å². The van der Waals surface area contributed by atoms with Crippen molar-refractivity contribution in [1.29, 1.82) is 0 Å². The molecule has 5 rings (SSSR count). The zero-order valence-electron chi connectivity index (χ0n) is 24.0. The van der Waals surface area contributed by atoms with Gasteiger partial charge in [-0.2, -0.15) is 0 Å². The Bertz CT molecular complexity index is 1350. The van der Waals surface area contributed by atoms with E-state index in [4.69, 9.17) is 21.1 Å². The predicted molar refractivity (Wildman–Crippen MR) is 159 cm³/mol. The molecule has 1 fully saturated rings. The molecular weight excluding hydrogens is 524 g/mol. The minimum absolute atomic E-state index is 0.0135. The summed E-state index contributed by atoms with van der Waals surface area (Å²) in [6, 6.07) is 19.0. The molecule has 40 heavy (non-hydrogen) atoms. The molecule has 2 heterocycles. The van der Waals surface area contributed by atoms with Crippen LogP contribution in [0.25, 0.3) is 0 Å². The first-order chi connectivity index (χ1) is 19.1. The Morgan fingerprint density at radius 2 is 1.75 bits per heavy atom. The van der Waals surface area contributed by atoms with E-state index in [1.807, 2.05) is 86.3 Å². The molecule has 0 saturated carbocycles. The Balaban J connectivity index is 1.57. The molecule has 212 valence electrons. The third-order valence-corrected chi connectivity index (χ3v) is 8.54. The molecule has 1 saturated heterocycles. The Kier molecular flexibility index (Phi) is 8.14. The van der Waals surface area contributed by atoms with E-state index in [9.17, 15) is 9.90 Å². The van der Waals surface area contributed by atoms with Crippen molar-refractivity contribution in [3.63, 3.8) is 0 Å². The van der Waals surface area contributed by atoms with Gasteiger partial charge in [0.1, 0.15) is 0 Å². The molecule has 3 aromatic carbocycles. The Morgan fingerprint density at radius 1 is 1.05 bits per heavy atom. The van der Waals surface area contributed by atoms with Gasteiger partial charge in [-0.25, -0.2) is 0 Å². The highest BCUT2D eigenvalue weighted by molar-refractivity contribution is 6.30. The van der Waals surface area contributed by atoms with Crippen LogP contribution in [0.4, 0.5) is 5.69 Å². The molecule has 7 heteroatoms. The number of likely N-dealkylation sites (tertiary alicyclic amines) is 1. The van der Waals surface area contributed by atoms with Crippen molar-refractivity contribution in [1.82, 2.24) is 4.90 Å². The molecule has 0 spiro atoms. The molecular formula is C33H39ClN2O4. The number of piperidine rings is 1. The van der Waals surface area contributed by atoms with E-state index in [2.05, 4.69) is 11.9 Å². The SMILES string of the molecule is COc1cc2c(cc1OC(C)C)C(c1ccc(Cl)cc1)N(c1ccc([C@@](C)(O)[C@H]3CCCN(C)C3)cc1)C(=O)C2. The molecule has 0 bridgehead atoms. The molecule has 0 aliphatic carbocycles. The van der Waals surface area contributed by atoms with Crippen molar-refractivity contribution < 1.29 is 19.4 Å². The first-order valence-corrected chi connectivity index (χ1v) is 14.4. The average molecular weight is 563 g/mol. The van der Waals surface area contributed by atoms with Gasteiger partial charge in [0, 0.05) is 23.2 Å². The summed E-state index contributed by atoms with van der Waals surface area (Å²) in [5, 5.41) is 12.2. The predicted octanol–water partition coefficient (Wildman–Crippen LogP) is 6.36. The summed E-state index contributed by atoms with van der Waals surface area (Å²) >= 11 is 6.24. The molecule has 1 N–H and O–H groups in total. The standard InChI is InChI=1S/C33H39ClN2O4/c1-21(2)40-30-19-28-23(17-29(30)39-5)18-31(37)36(32(28)22-8-12-26(34)13-9-22)27-14-10-24(11-15-27)33(3,38)25-7-6-16-35(4)20-25/h8-15,17,19,21,25,32,38H,6-7,16,18,20H2,1-5H3/t25-,32?,33+/m0/s1. The van der Waals surface area contributed by atoms with Crippen molar-refractivity contribution in [2.24, 2.45) is 5.92 Å². The first-order valence-electron chi connectivity index (χ1n) is 14.0. The van der Waals surface area contributed by atoms with Gasteiger partial charge in [-0.05, 0) is 106 Å². The fourth-order valence-corrected chi connectivity index (χ4v) is 6.28. The van der Waals surface area contributed by atoms with Crippen molar-refractivity contribution in [3.05, 3.63) is 87.9 Å². The number of benzene rings is 3. The summed E-state index contributed by atoms with van der Waals surface area (Å²) in [4.78, 5) is 17.9. The molecule has 0 aromatic heterocycles. The second kappa shape index (κ2) is 11.4. The summed E-state index contributed by atoms with van der Waals surface area (Å²) in [7, 11) is 3.72. The number of carbonyl (C=O) groups is 1. The van der Waals surface area contributed by atoms with Crippen LogP contribution in [0.5, 0.6) is 11.5 Å². The number of methoxy groups -OCH3 is 1. The second-order valence-corrected chi connectivity index (χ2v) is 12.0. The number of nitrogens with zero attached hydrogens (tertiary/aromatic N) is 2. The molecule has 2 aliphatic rings. The minimum Gasteiger partial charge on any atom is -0.493 e. The smallest absolute Gasteiger partial charge is 0.232 e. The lowest BCUT2D eigenvalue weighted by Gasteiger charge is -2.40. The highest BCUT2D eigenvalue weighted by Crippen LogP contribution is 2.44. The number of hydrogen-bond acceptors (Lipinski definition) is 5. The summed E-state index contributed by atoms with van der Waals surface area (Å²) in [5.41, 5.74) is 3.52. The lowest BCUT2D eigenvalue weighted by molar-refractivity contribution is -0.118. The summed E-state index contributed by atoms with van der Waals surface area (Å²) in [5.74, 6) is 1.40. The summed E-state index contributed by atoms with van der Waals surface area (Å²) in [6.07, 6.45) is 2.27. The number of hydrogen-bond donors (Lipinski definition) is 1. The van der Waals surface area contributed by atoms with Gasteiger partial charge in [-0.1, -0.05) is 35.9 Å². The highest BCUT2D eigenvalue weighted by Gasteiger charge is 2.38. The van der Waals surface area contributed by atoms with Gasteiger partial charge in [0.2, 0.25) is 5.91 Å². The van der Waals surface area contributed by atoms with Crippen LogP contribution < -0.4 is 14.4 Å². The van der Waals surface area contributed by atoms with Crippen LogP contribution in [0.3, 0.4) is 0 Å². The molecule has 3 aromatic rings. The molecule has 2 aliphatic heterocycles. The highest BCUT2D eigenvalue weighted by atomic mass is 35.5. The van der Waals surface area contributed by atoms with E-state index >= 15 is 0 Å². The zero-order valence-corrected chi connectivity index (χ0v) is 24.7. The third-order valence-electron chi connectivity index (χ3n) is 8.29. The van der Waals surface area contributed by atoms with Crippen LogP contribution in [0.15, 0.2) is 60.7 Å². The maximum absolute atomic E-state index is 13.8. The summed E-state index contributed by atoms with van der Waals surface area (Å²) in [6.45, 7) is 7.79. The van der Waals surface area contributed by atoms with Gasteiger partial charge in [0.05, 0.1) is 31.3 Å². The second-order valence-electron chi connectivity index (χ2n) is 11.6. The van der Waals surface area contributed by atoms with Crippen molar-refractivity contribution >= 4 is 23.2 Å². The van der Waals surface area contributed by atoms with E-state index in [1.54, 1.807) is 7.11 Å². The fraction of sp³-hybridized carbons (Fsp3) is 0.424. The van der Waals surface area contributed by atoms with Gasteiger partial charge < -0.3 is 24.4 Å². The molecule has 3 atom stereocenters. The number of rotatable bonds is 7. The van der Waals surface area contributed by atoms with Crippen LogP contribution in [-0.4, -0.2) is 49.3 Å². The maximum Gasteiger partial charge on any atom is 0.232 e. The van der Waals surface area contributed by atoms with Crippen LogP contribution in [0, 0.1) is 5.92 Å². The average Bonchev–Trinajstić information content (AvgIpc) is 2.92. The van der Waals surface area contributed by atoms with E-state index in [-0.39, 0.29) is 30.4 Å². The van der Waals surface area contributed by atoms with E-state index in [0.29, 0.717) is 16.5 Å². The lowest BCUT2D eigenvalue weighted by Crippen LogP contribution is -2.43. The monoisotopic (exact) mass is 562 g/mol. The number of carbonyl (C=O) groups excluding carboxylic acids is 1. The quantitative estimate of drug-likeness (QED) is 0.363. The first kappa shape index (κ1) is 28.5. The van der Waals surface area contributed by atoms with Gasteiger partial charge in [-0.15, -0.1) is 0 Å². The Morgan fingerprint density at radius 3 is 2.38 bits per heavy atom. The molecule has 6 nitrogen and oxygen atoms in total. The number of aliphatic hydroxyl groups is 1. The fourth-order valence-electron chi connectivity index (χ4n) is 6.15. The summed E-state index contributed by atoms with van der Waals surface area (Å²) < 4.78 is 11.7. The largest absolute Gasteiger partial charge is 0.493 e. The number of ether oxygens (including phenoxy) is 2. The molecule has 1 amide bonds. The van der Waals surface area contributed by atoms with Crippen molar-refractivity contribution in [3.8, 4) is 11.5 Å². The number of amides is 1.